The van der Waals surface area contributed by atoms with Crippen LogP contribution in [0.2, 0.25) is 0 Å². The number of hydrogen-bond donors (Lipinski definition) is 2. The third-order valence-electron chi connectivity index (χ3n) is 13.0. The number of ether oxygens (including phenoxy) is 2. The summed E-state index contributed by atoms with van der Waals surface area (Å²) < 4.78 is 33.0. The van der Waals surface area contributed by atoms with E-state index in [4.69, 9.17) is 24.3 Å². The summed E-state index contributed by atoms with van der Waals surface area (Å²) >= 11 is 0. The summed E-state index contributed by atoms with van der Waals surface area (Å²) in [5.41, 5.74) is 5.38. The molecule has 0 saturated heterocycles. The molecule has 0 aromatic carbocycles. The SMILES string of the molecule is CC/C=C\C/C=C\C/C=C\C/C=C\C/C=C\C/C=C\C/C=C\CCCCCCCCCCCCCCCCCCCC(=O)OC(COC(=O)CCCCCCCCCCCCCCCC)COP(=O)(O)OCCN. The maximum atomic E-state index is 12.7. The van der Waals surface area contributed by atoms with E-state index in [2.05, 4.69) is 98.9 Å². The molecule has 3 N–H and O–H groups in total. The van der Waals surface area contributed by atoms with E-state index in [1.165, 1.54) is 161 Å². The van der Waals surface area contributed by atoms with Crippen LogP contribution in [-0.2, 0) is 32.7 Å². The molecule has 0 aromatic rings. The summed E-state index contributed by atoms with van der Waals surface area (Å²) in [5.74, 6) is -0.818. The van der Waals surface area contributed by atoms with Gasteiger partial charge in [-0.1, -0.05) is 279 Å². The summed E-state index contributed by atoms with van der Waals surface area (Å²) in [5, 5.41) is 0. The third-order valence-corrected chi connectivity index (χ3v) is 14.0. The molecule has 0 aliphatic heterocycles. The predicted molar refractivity (Wildman–Crippen MR) is 316 cm³/mol. The van der Waals surface area contributed by atoms with Gasteiger partial charge in [0.2, 0.25) is 0 Å². The van der Waals surface area contributed by atoms with Crippen LogP contribution in [0.15, 0.2) is 85.1 Å². The van der Waals surface area contributed by atoms with Gasteiger partial charge in [-0.2, -0.15) is 0 Å². The van der Waals surface area contributed by atoms with E-state index in [1.54, 1.807) is 0 Å². The Labute approximate surface area is 455 Å². The van der Waals surface area contributed by atoms with Crippen LogP contribution in [0, 0.1) is 0 Å². The van der Waals surface area contributed by atoms with E-state index in [9.17, 15) is 19.0 Å². The maximum Gasteiger partial charge on any atom is 0.472 e. The minimum Gasteiger partial charge on any atom is -0.462 e. The van der Waals surface area contributed by atoms with E-state index < -0.39 is 26.5 Å². The number of allylic oxidation sites excluding steroid dienone is 14. The van der Waals surface area contributed by atoms with Crippen molar-refractivity contribution >= 4 is 19.8 Å². The van der Waals surface area contributed by atoms with E-state index in [-0.39, 0.29) is 38.6 Å². The van der Waals surface area contributed by atoms with Crippen LogP contribution >= 0.6 is 7.82 Å². The summed E-state index contributed by atoms with van der Waals surface area (Å²) in [4.78, 5) is 35.1. The average molecular weight is 1060 g/mol. The second-order valence-corrected chi connectivity index (χ2v) is 21.7. The minimum atomic E-state index is -4.38. The molecule has 0 bridgehead atoms. The lowest BCUT2D eigenvalue weighted by Crippen LogP contribution is -2.29. The van der Waals surface area contributed by atoms with E-state index in [0.29, 0.717) is 6.42 Å². The van der Waals surface area contributed by atoms with E-state index in [0.717, 1.165) is 83.5 Å². The molecule has 0 aromatic heterocycles. The molecule has 0 aliphatic rings. The first-order valence-corrected chi connectivity index (χ1v) is 32.1. The van der Waals surface area contributed by atoms with Crippen molar-refractivity contribution in [3.8, 4) is 0 Å². The molecule has 0 radical (unpaired) electrons. The Kier molecular flexibility index (Phi) is 57.2. The van der Waals surface area contributed by atoms with E-state index >= 15 is 0 Å². The zero-order chi connectivity index (χ0) is 53.8. The molecule has 428 valence electrons. The quantitative estimate of drug-likeness (QED) is 0.0264. The Hall–Kier alpha value is -2.81. The van der Waals surface area contributed by atoms with E-state index in [1.807, 2.05) is 0 Å². The molecule has 0 aliphatic carbocycles. The number of carbonyl (C=O) groups excluding carboxylic acids is 2. The van der Waals surface area contributed by atoms with Crippen molar-refractivity contribution in [3.63, 3.8) is 0 Å². The second-order valence-electron chi connectivity index (χ2n) is 20.2. The molecule has 0 saturated carbocycles. The van der Waals surface area contributed by atoms with Crippen molar-refractivity contribution in [2.45, 2.75) is 283 Å². The Morgan fingerprint density at radius 1 is 0.419 bits per heavy atom. The number of nitrogens with two attached hydrogens (primary N) is 1. The second kappa shape index (κ2) is 59.4. The number of carbonyl (C=O) groups is 2. The van der Waals surface area contributed by atoms with Gasteiger partial charge in [0.1, 0.15) is 6.61 Å². The summed E-state index contributed by atoms with van der Waals surface area (Å²) in [7, 11) is -4.38. The fourth-order valence-corrected chi connectivity index (χ4v) is 9.32. The lowest BCUT2D eigenvalue weighted by Gasteiger charge is -2.19. The van der Waals surface area contributed by atoms with Crippen LogP contribution in [-0.4, -0.2) is 49.3 Å². The van der Waals surface area contributed by atoms with Gasteiger partial charge < -0.3 is 20.1 Å². The molecule has 2 unspecified atom stereocenters. The topological polar surface area (TPSA) is 134 Å². The predicted octanol–water partition coefficient (Wildman–Crippen LogP) is 19.5. The first kappa shape index (κ1) is 71.2. The number of phosphoric acid groups is 1. The van der Waals surface area contributed by atoms with Crippen LogP contribution in [0.3, 0.4) is 0 Å². The standard InChI is InChI=1S/C64H114NO8P/c1-3-5-7-9-11-13-15-17-19-20-21-22-23-24-25-26-27-28-29-30-31-32-33-34-35-36-37-38-39-40-41-42-43-45-47-49-51-53-55-57-64(67)73-62(61-72-74(68,69)71-59-58-65)60-70-63(66)56-54-52-50-48-46-44-18-16-14-12-10-8-6-4-2/h5,7,11,13,17,19,21-22,24-25,27-28,30-31,62H,3-4,6,8-10,12,14-16,18,20,23,26,29,32-61,65H2,1-2H3,(H,68,69)/b7-5-,13-11-,19-17-,22-21-,25-24-,28-27-,31-30-. The smallest absolute Gasteiger partial charge is 0.462 e. The third kappa shape index (κ3) is 58.5. The molecular formula is C64H114NO8P. The molecule has 74 heavy (non-hydrogen) atoms. The molecule has 9 nitrogen and oxygen atoms in total. The molecule has 2 atom stereocenters. The molecule has 0 fully saturated rings. The van der Waals surface area contributed by atoms with Crippen molar-refractivity contribution in [1.29, 1.82) is 0 Å². The fraction of sp³-hybridized carbons (Fsp3) is 0.750. The maximum absolute atomic E-state index is 12.7. The van der Waals surface area contributed by atoms with Gasteiger partial charge in [-0.05, 0) is 70.6 Å². The summed E-state index contributed by atoms with van der Waals surface area (Å²) in [6.45, 7) is 3.65. The normalized spacial score (nSPS) is 13.6. The lowest BCUT2D eigenvalue weighted by atomic mass is 10.0. The number of esters is 2. The fourth-order valence-electron chi connectivity index (χ4n) is 8.56. The highest BCUT2D eigenvalue weighted by molar-refractivity contribution is 7.47. The Balaban J connectivity index is 3.84. The number of phosphoric ester groups is 1. The molecule has 0 amide bonds. The molecule has 10 heteroatoms. The summed E-state index contributed by atoms with van der Waals surface area (Å²) in [6, 6.07) is 0. The Bertz CT molecular complexity index is 1480. The molecule has 0 heterocycles. The number of rotatable bonds is 57. The zero-order valence-electron chi connectivity index (χ0n) is 47.8. The van der Waals surface area contributed by atoms with Crippen LogP contribution in [0.4, 0.5) is 0 Å². The number of unbranched alkanes of at least 4 members (excludes halogenated alkanes) is 30. The Morgan fingerprint density at radius 3 is 1.11 bits per heavy atom. The highest BCUT2D eigenvalue weighted by atomic mass is 31.2. The van der Waals surface area contributed by atoms with Gasteiger partial charge in [-0.3, -0.25) is 18.6 Å². The van der Waals surface area contributed by atoms with Gasteiger partial charge in [0.05, 0.1) is 13.2 Å². The first-order chi connectivity index (χ1) is 36.3. The highest BCUT2D eigenvalue weighted by Gasteiger charge is 2.26. The van der Waals surface area contributed by atoms with Gasteiger partial charge in [0, 0.05) is 19.4 Å². The molecule has 0 spiro atoms. The number of hydrogen-bond acceptors (Lipinski definition) is 8. The van der Waals surface area contributed by atoms with Crippen molar-refractivity contribution in [1.82, 2.24) is 0 Å². The average Bonchev–Trinajstić information content (AvgIpc) is 3.39. The van der Waals surface area contributed by atoms with Gasteiger partial charge in [0.25, 0.3) is 0 Å². The minimum absolute atomic E-state index is 0.0534. The lowest BCUT2D eigenvalue weighted by molar-refractivity contribution is -0.161. The zero-order valence-corrected chi connectivity index (χ0v) is 48.7. The van der Waals surface area contributed by atoms with Crippen LogP contribution in [0.5, 0.6) is 0 Å². The highest BCUT2D eigenvalue weighted by Crippen LogP contribution is 2.43. The van der Waals surface area contributed by atoms with Crippen molar-refractivity contribution in [2.24, 2.45) is 5.73 Å². The Morgan fingerprint density at radius 2 is 0.743 bits per heavy atom. The first-order valence-electron chi connectivity index (χ1n) is 30.6. The van der Waals surface area contributed by atoms with Gasteiger partial charge >= 0.3 is 19.8 Å². The summed E-state index contributed by atoms with van der Waals surface area (Å²) in [6.07, 6.45) is 78.0. The van der Waals surface area contributed by atoms with Crippen LogP contribution < -0.4 is 5.73 Å². The van der Waals surface area contributed by atoms with Crippen LogP contribution in [0.1, 0.15) is 277 Å². The van der Waals surface area contributed by atoms with Crippen molar-refractivity contribution in [3.05, 3.63) is 85.1 Å². The molecular weight excluding hydrogens is 942 g/mol. The van der Waals surface area contributed by atoms with Gasteiger partial charge in [-0.25, -0.2) is 4.57 Å². The van der Waals surface area contributed by atoms with Crippen LogP contribution in [0.25, 0.3) is 0 Å². The monoisotopic (exact) mass is 1060 g/mol. The van der Waals surface area contributed by atoms with Crippen molar-refractivity contribution in [2.75, 3.05) is 26.4 Å². The van der Waals surface area contributed by atoms with Gasteiger partial charge in [0.15, 0.2) is 6.10 Å². The molecule has 0 rings (SSSR count). The van der Waals surface area contributed by atoms with Gasteiger partial charge in [-0.15, -0.1) is 0 Å². The van der Waals surface area contributed by atoms with Crippen molar-refractivity contribution < 1.29 is 37.6 Å². The largest absolute Gasteiger partial charge is 0.472 e.